The van der Waals surface area contributed by atoms with E-state index in [9.17, 15) is 13.2 Å². The molecule has 28 heavy (non-hydrogen) atoms. The van der Waals surface area contributed by atoms with Crippen molar-refractivity contribution in [3.8, 4) is 0 Å². The SMILES string of the molecule is CC(C)(C)OC(=O)C1=Nc2ccccc2C1NS(=O)(=O)C=Cc1ccccc1. The molecule has 0 aliphatic carbocycles. The summed E-state index contributed by atoms with van der Waals surface area (Å²) < 4.78 is 33.2. The summed E-state index contributed by atoms with van der Waals surface area (Å²) >= 11 is 0. The van der Waals surface area contributed by atoms with Crippen molar-refractivity contribution in [2.45, 2.75) is 32.4 Å². The van der Waals surface area contributed by atoms with Crippen LogP contribution >= 0.6 is 0 Å². The van der Waals surface area contributed by atoms with Gasteiger partial charge >= 0.3 is 5.97 Å². The van der Waals surface area contributed by atoms with Crippen molar-refractivity contribution in [3.05, 3.63) is 71.1 Å². The largest absolute Gasteiger partial charge is 0.455 e. The number of esters is 1. The Kier molecular flexibility index (Phi) is 5.49. The minimum atomic E-state index is -3.84. The van der Waals surface area contributed by atoms with Gasteiger partial charge in [-0.25, -0.2) is 18.2 Å². The summed E-state index contributed by atoms with van der Waals surface area (Å²) in [6, 6.07) is 15.2. The lowest BCUT2D eigenvalue weighted by Crippen LogP contribution is -2.37. The highest BCUT2D eigenvalue weighted by Gasteiger charge is 2.36. The molecule has 146 valence electrons. The Morgan fingerprint density at radius 2 is 1.71 bits per heavy atom. The summed E-state index contributed by atoms with van der Waals surface area (Å²) in [5.41, 5.74) is 1.21. The molecule has 1 heterocycles. The van der Waals surface area contributed by atoms with Crippen molar-refractivity contribution in [1.82, 2.24) is 4.72 Å². The summed E-state index contributed by atoms with van der Waals surface area (Å²) in [4.78, 5) is 16.9. The highest BCUT2D eigenvalue weighted by atomic mass is 32.2. The van der Waals surface area contributed by atoms with Gasteiger partial charge in [0.1, 0.15) is 11.3 Å². The molecule has 6 nitrogen and oxygen atoms in total. The van der Waals surface area contributed by atoms with Crippen molar-refractivity contribution in [2.24, 2.45) is 4.99 Å². The first kappa shape index (κ1) is 20.0. The van der Waals surface area contributed by atoms with Crippen molar-refractivity contribution < 1.29 is 17.9 Å². The molecule has 3 rings (SSSR count). The van der Waals surface area contributed by atoms with Crippen LogP contribution in [-0.4, -0.2) is 25.7 Å². The Morgan fingerprint density at radius 3 is 2.39 bits per heavy atom. The van der Waals surface area contributed by atoms with E-state index in [1.165, 1.54) is 6.08 Å². The van der Waals surface area contributed by atoms with Crippen LogP contribution in [0.5, 0.6) is 0 Å². The van der Waals surface area contributed by atoms with Crippen LogP contribution in [0.1, 0.15) is 37.9 Å². The number of sulfonamides is 1. The first-order chi connectivity index (χ1) is 13.1. The van der Waals surface area contributed by atoms with E-state index in [1.54, 1.807) is 57.2 Å². The maximum absolute atomic E-state index is 12.6. The number of carbonyl (C=O) groups is 1. The van der Waals surface area contributed by atoms with Gasteiger partial charge in [0.05, 0.1) is 11.7 Å². The van der Waals surface area contributed by atoms with Crippen LogP contribution in [0.2, 0.25) is 0 Å². The third-order valence-electron chi connectivity index (χ3n) is 3.89. The number of para-hydroxylation sites is 1. The number of aliphatic imine (C=N–C) groups is 1. The van der Waals surface area contributed by atoms with Crippen LogP contribution in [0.4, 0.5) is 5.69 Å². The quantitative estimate of drug-likeness (QED) is 0.778. The predicted octanol–water partition coefficient (Wildman–Crippen LogP) is 3.75. The molecule has 1 atom stereocenters. The van der Waals surface area contributed by atoms with Gasteiger partial charge in [-0.1, -0.05) is 48.5 Å². The summed E-state index contributed by atoms with van der Waals surface area (Å²) in [5.74, 6) is -0.650. The van der Waals surface area contributed by atoms with E-state index < -0.39 is 27.6 Å². The topological polar surface area (TPSA) is 84.8 Å². The molecule has 1 N–H and O–H groups in total. The molecule has 0 amide bonds. The fourth-order valence-corrected chi connectivity index (χ4v) is 3.71. The Balaban J connectivity index is 1.88. The number of ether oxygens (including phenoxy) is 1. The highest BCUT2D eigenvalue weighted by Crippen LogP contribution is 2.35. The first-order valence-electron chi connectivity index (χ1n) is 8.81. The van der Waals surface area contributed by atoms with Gasteiger partial charge in [-0.3, -0.25) is 0 Å². The molecular weight excluding hydrogens is 376 g/mol. The molecule has 0 fully saturated rings. The lowest BCUT2D eigenvalue weighted by atomic mass is 10.0. The molecule has 2 aromatic rings. The maximum atomic E-state index is 12.6. The highest BCUT2D eigenvalue weighted by molar-refractivity contribution is 7.92. The zero-order chi connectivity index (χ0) is 20.4. The van der Waals surface area contributed by atoms with Crippen LogP contribution in [0, 0.1) is 0 Å². The lowest BCUT2D eigenvalue weighted by Gasteiger charge is -2.21. The van der Waals surface area contributed by atoms with Crippen molar-refractivity contribution >= 4 is 33.5 Å². The average Bonchev–Trinajstić information content (AvgIpc) is 2.98. The van der Waals surface area contributed by atoms with Crippen molar-refractivity contribution in [3.63, 3.8) is 0 Å². The third-order valence-corrected chi connectivity index (χ3v) is 4.95. The minimum absolute atomic E-state index is 0.0211. The number of carbonyl (C=O) groups excluding carboxylic acids is 1. The van der Waals surface area contributed by atoms with E-state index in [0.29, 0.717) is 11.3 Å². The summed E-state index contributed by atoms with van der Waals surface area (Å²) in [6.45, 7) is 5.24. The van der Waals surface area contributed by atoms with E-state index in [2.05, 4.69) is 9.71 Å². The second kappa shape index (κ2) is 7.69. The fourth-order valence-electron chi connectivity index (χ4n) is 2.72. The fraction of sp³-hybridized carbons (Fsp3) is 0.238. The smallest absolute Gasteiger partial charge is 0.355 e. The van der Waals surface area contributed by atoms with Crippen LogP contribution in [0.15, 0.2) is 65.0 Å². The van der Waals surface area contributed by atoms with E-state index in [1.807, 2.05) is 18.2 Å². The normalized spacial score (nSPS) is 16.7. The number of benzene rings is 2. The van der Waals surface area contributed by atoms with Gasteiger partial charge in [-0.2, -0.15) is 4.72 Å². The summed E-state index contributed by atoms with van der Waals surface area (Å²) in [5, 5.41) is 1.08. The maximum Gasteiger partial charge on any atom is 0.355 e. The first-order valence-corrected chi connectivity index (χ1v) is 10.4. The Bertz CT molecular complexity index is 1040. The van der Waals surface area contributed by atoms with Gasteiger partial charge in [0, 0.05) is 11.0 Å². The number of rotatable bonds is 5. The molecular formula is C21H22N2O4S. The molecule has 0 spiro atoms. The van der Waals surface area contributed by atoms with Crippen molar-refractivity contribution in [2.75, 3.05) is 0 Å². The summed E-state index contributed by atoms with van der Waals surface area (Å²) in [6.07, 6.45) is 1.49. The van der Waals surface area contributed by atoms with Crippen LogP contribution in [0.3, 0.4) is 0 Å². The van der Waals surface area contributed by atoms with Crippen LogP contribution in [-0.2, 0) is 19.6 Å². The second-order valence-electron chi connectivity index (χ2n) is 7.37. The zero-order valence-electron chi connectivity index (χ0n) is 15.9. The zero-order valence-corrected chi connectivity index (χ0v) is 16.7. The van der Waals surface area contributed by atoms with E-state index >= 15 is 0 Å². The van der Waals surface area contributed by atoms with Gasteiger partial charge in [-0.05, 0) is 38.5 Å². The molecule has 2 aromatic carbocycles. The number of nitrogens with one attached hydrogen (secondary N) is 1. The van der Waals surface area contributed by atoms with E-state index in [-0.39, 0.29) is 5.71 Å². The molecule has 0 aromatic heterocycles. The number of hydrogen-bond acceptors (Lipinski definition) is 5. The third kappa shape index (κ3) is 4.94. The standard InChI is InChI=1S/C21H22N2O4S/c1-21(2,3)27-20(24)19-18(16-11-7-8-12-17(16)22-19)23-28(25,26)14-13-15-9-5-4-6-10-15/h4-14,18,23H,1-3H3. The van der Waals surface area contributed by atoms with Gasteiger partial charge in [0.15, 0.2) is 0 Å². The molecule has 0 saturated heterocycles. The molecule has 0 radical (unpaired) electrons. The van der Waals surface area contributed by atoms with Crippen molar-refractivity contribution in [1.29, 1.82) is 0 Å². The molecule has 1 aliphatic rings. The molecule has 0 bridgehead atoms. The number of hydrogen-bond donors (Lipinski definition) is 1. The Morgan fingerprint density at radius 1 is 1.07 bits per heavy atom. The minimum Gasteiger partial charge on any atom is -0.455 e. The lowest BCUT2D eigenvalue weighted by molar-refractivity contribution is -0.146. The molecule has 1 aliphatic heterocycles. The van der Waals surface area contributed by atoms with Gasteiger partial charge in [0.2, 0.25) is 10.0 Å². The molecule has 0 saturated carbocycles. The number of nitrogens with zero attached hydrogens (tertiary/aromatic N) is 1. The summed E-state index contributed by atoms with van der Waals surface area (Å²) in [7, 11) is -3.84. The Labute approximate surface area is 165 Å². The Hall–Kier alpha value is -2.77. The average molecular weight is 398 g/mol. The number of fused-ring (bicyclic) bond motifs is 1. The monoisotopic (exact) mass is 398 g/mol. The predicted molar refractivity (Wildman–Crippen MR) is 110 cm³/mol. The molecule has 1 unspecified atom stereocenters. The van der Waals surface area contributed by atoms with Crippen LogP contribution < -0.4 is 4.72 Å². The van der Waals surface area contributed by atoms with Gasteiger partial charge < -0.3 is 4.74 Å². The van der Waals surface area contributed by atoms with Crippen LogP contribution in [0.25, 0.3) is 6.08 Å². The van der Waals surface area contributed by atoms with E-state index in [0.717, 1.165) is 11.0 Å². The van der Waals surface area contributed by atoms with Gasteiger partial charge in [-0.15, -0.1) is 0 Å². The molecule has 7 heteroatoms. The van der Waals surface area contributed by atoms with Gasteiger partial charge in [0.25, 0.3) is 0 Å². The van der Waals surface area contributed by atoms with E-state index in [4.69, 9.17) is 4.74 Å². The second-order valence-corrected chi connectivity index (χ2v) is 8.96.